The minimum Gasteiger partial charge on any atom is -0.353 e. The Balaban J connectivity index is 2.44. The zero-order valence-electron chi connectivity index (χ0n) is 10.1. The SMILES string of the molecule is CCCN(CCN)c1nncc2ccccc12. The topological polar surface area (TPSA) is 55.0 Å². The largest absolute Gasteiger partial charge is 0.353 e. The highest BCUT2D eigenvalue weighted by Crippen LogP contribution is 2.22. The van der Waals surface area contributed by atoms with E-state index in [1.807, 2.05) is 12.1 Å². The second-order valence-electron chi connectivity index (χ2n) is 4.03. The summed E-state index contributed by atoms with van der Waals surface area (Å²) in [5, 5.41) is 10.6. The maximum absolute atomic E-state index is 5.65. The first-order valence-corrected chi connectivity index (χ1v) is 6.02. The van der Waals surface area contributed by atoms with Gasteiger partial charge in [0.2, 0.25) is 0 Å². The van der Waals surface area contributed by atoms with Crippen molar-refractivity contribution in [2.24, 2.45) is 5.73 Å². The molecule has 0 fully saturated rings. The predicted molar refractivity (Wildman–Crippen MR) is 71.1 cm³/mol. The van der Waals surface area contributed by atoms with Gasteiger partial charge in [-0.1, -0.05) is 31.2 Å². The lowest BCUT2D eigenvalue weighted by Crippen LogP contribution is -2.31. The third kappa shape index (κ3) is 2.53. The Morgan fingerprint density at radius 3 is 2.82 bits per heavy atom. The number of anilines is 1. The molecule has 0 unspecified atom stereocenters. The summed E-state index contributed by atoms with van der Waals surface area (Å²) in [6, 6.07) is 8.18. The van der Waals surface area contributed by atoms with Crippen molar-refractivity contribution in [3.8, 4) is 0 Å². The van der Waals surface area contributed by atoms with Crippen molar-refractivity contribution >= 4 is 16.6 Å². The summed E-state index contributed by atoms with van der Waals surface area (Å²) in [4.78, 5) is 2.20. The number of nitrogens with zero attached hydrogens (tertiary/aromatic N) is 3. The number of rotatable bonds is 5. The molecule has 1 aromatic heterocycles. The quantitative estimate of drug-likeness (QED) is 0.851. The van der Waals surface area contributed by atoms with Crippen LogP contribution in [0.15, 0.2) is 30.5 Å². The van der Waals surface area contributed by atoms with Gasteiger partial charge in [-0.05, 0) is 6.42 Å². The van der Waals surface area contributed by atoms with Gasteiger partial charge >= 0.3 is 0 Å². The highest BCUT2D eigenvalue weighted by molar-refractivity contribution is 5.91. The van der Waals surface area contributed by atoms with Crippen LogP contribution in [0.2, 0.25) is 0 Å². The van der Waals surface area contributed by atoms with Crippen LogP contribution in [0.5, 0.6) is 0 Å². The maximum Gasteiger partial charge on any atom is 0.159 e. The average molecular weight is 230 g/mol. The van der Waals surface area contributed by atoms with Gasteiger partial charge in [0.15, 0.2) is 5.82 Å². The summed E-state index contributed by atoms with van der Waals surface area (Å²) in [6.45, 7) is 4.56. The van der Waals surface area contributed by atoms with Crippen molar-refractivity contribution in [3.63, 3.8) is 0 Å². The third-order valence-electron chi connectivity index (χ3n) is 2.74. The molecule has 0 bridgehead atoms. The van der Waals surface area contributed by atoms with Gasteiger partial charge in [-0.2, -0.15) is 5.10 Å². The van der Waals surface area contributed by atoms with Crippen LogP contribution in [-0.4, -0.2) is 29.8 Å². The number of hydrogen-bond donors (Lipinski definition) is 1. The molecule has 17 heavy (non-hydrogen) atoms. The number of benzene rings is 1. The normalized spacial score (nSPS) is 10.7. The molecule has 0 amide bonds. The van der Waals surface area contributed by atoms with Crippen LogP contribution in [0.4, 0.5) is 5.82 Å². The Bertz CT molecular complexity index is 472. The molecule has 2 aromatic rings. The fraction of sp³-hybridized carbons (Fsp3) is 0.385. The molecule has 4 heteroatoms. The van der Waals surface area contributed by atoms with Gasteiger partial charge in [0.05, 0.1) is 6.20 Å². The molecular formula is C13H18N4. The Morgan fingerprint density at radius 2 is 2.06 bits per heavy atom. The molecule has 0 saturated carbocycles. The van der Waals surface area contributed by atoms with E-state index in [9.17, 15) is 0 Å². The Kier molecular flexibility index (Phi) is 3.88. The van der Waals surface area contributed by atoms with Crippen LogP contribution in [0.3, 0.4) is 0 Å². The van der Waals surface area contributed by atoms with E-state index in [0.29, 0.717) is 6.54 Å². The van der Waals surface area contributed by atoms with E-state index in [2.05, 4.69) is 34.2 Å². The molecule has 4 nitrogen and oxygen atoms in total. The summed E-state index contributed by atoms with van der Waals surface area (Å²) < 4.78 is 0. The van der Waals surface area contributed by atoms with Crippen molar-refractivity contribution in [2.75, 3.05) is 24.5 Å². The lowest BCUT2D eigenvalue weighted by molar-refractivity contribution is 0.746. The third-order valence-corrected chi connectivity index (χ3v) is 2.74. The van der Waals surface area contributed by atoms with Crippen LogP contribution in [0.1, 0.15) is 13.3 Å². The lowest BCUT2D eigenvalue weighted by Gasteiger charge is -2.23. The first-order valence-electron chi connectivity index (χ1n) is 6.02. The predicted octanol–water partition coefficient (Wildman–Crippen LogP) is 1.80. The average Bonchev–Trinajstić information content (AvgIpc) is 2.38. The van der Waals surface area contributed by atoms with Gasteiger partial charge in [0, 0.05) is 30.4 Å². The van der Waals surface area contributed by atoms with E-state index < -0.39 is 0 Å². The van der Waals surface area contributed by atoms with Crippen molar-refractivity contribution in [1.29, 1.82) is 0 Å². The van der Waals surface area contributed by atoms with Crippen molar-refractivity contribution < 1.29 is 0 Å². The van der Waals surface area contributed by atoms with Gasteiger partial charge in [-0.15, -0.1) is 5.10 Å². The van der Waals surface area contributed by atoms with Gasteiger partial charge in [0.25, 0.3) is 0 Å². The van der Waals surface area contributed by atoms with Crippen LogP contribution >= 0.6 is 0 Å². The summed E-state index contributed by atoms with van der Waals surface area (Å²) in [5.74, 6) is 0.940. The molecule has 0 aliphatic rings. The fourth-order valence-corrected chi connectivity index (χ4v) is 2.00. The number of aromatic nitrogens is 2. The van der Waals surface area contributed by atoms with Crippen LogP contribution < -0.4 is 10.6 Å². The molecule has 0 spiro atoms. The smallest absolute Gasteiger partial charge is 0.159 e. The first kappa shape index (κ1) is 11.8. The summed E-state index contributed by atoms with van der Waals surface area (Å²) in [5.41, 5.74) is 5.65. The van der Waals surface area contributed by atoms with E-state index in [0.717, 1.165) is 36.1 Å². The molecule has 2 N–H and O–H groups in total. The van der Waals surface area contributed by atoms with Gasteiger partial charge < -0.3 is 10.6 Å². The second-order valence-corrected chi connectivity index (χ2v) is 4.03. The van der Waals surface area contributed by atoms with E-state index in [4.69, 9.17) is 5.73 Å². The highest BCUT2D eigenvalue weighted by Gasteiger charge is 2.10. The lowest BCUT2D eigenvalue weighted by atomic mass is 10.2. The highest BCUT2D eigenvalue weighted by atomic mass is 15.3. The number of nitrogens with two attached hydrogens (primary N) is 1. The zero-order chi connectivity index (χ0) is 12.1. The second kappa shape index (κ2) is 5.59. The first-order chi connectivity index (χ1) is 8.36. The number of fused-ring (bicyclic) bond motifs is 1. The van der Waals surface area contributed by atoms with E-state index in [-0.39, 0.29) is 0 Å². The minimum atomic E-state index is 0.630. The fourth-order valence-electron chi connectivity index (χ4n) is 2.00. The standard InChI is InChI=1S/C13H18N4/c1-2-8-17(9-7-14)13-12-6-4-3-5-11(12)10-15-16-13/h3-6,10H,2,7-9,14H2,1H3. The Labute approximate surface area is 101 Å². The molecule has 90 valence electrons. The molecule has 0 aliphatic carbocycles. The zero-order valence-corrected chi connectivity index (χ0v) is 10.1. The van der Waals surface area contributed by atoms with E-state index >= 15 is 0 Å². The Morgan fingerprint density at radius 1 is 1.24 bits per heavy atom. The van der Waals surface area contributed by atoms with Crippen molar-refractivity contribution in [3.05, 3.63) is 30.5 Å². The molecule has 0 radical (unpaired) electrons. The minimum absolute atomic E-state index is 0.630. The molecular weight excluding hydrogens is 212 g/mol. The summed E-state index contributed by atoms with van der Waals surface area (Å²) in [6.07, 6.45) is 2.87. The van der Waals surface area contributed by atoms with E-state index in [1.54, 1.807) is 6.20 Å². The molecule has 0 saturated heterocycles. The monoisotopic (exact) mass is 230 g/mol. The van der Waals surface area contributed by atoms with E-state index in [1.165, 1.54) is 0 Å². The molecule has 0 atom stereocenters. The maximum atomic E-state index is 5.65. The number of hydrogen-bond acceptors (Lipinski definition) is 4. The van der Waals surface area contributed by atoms with Crippen molar-refractivity contribution in [2.45, 2.75) is 13.3 Å². The molecule has 1 heterocycles. The summed E-state index contributed by atoms with van der Waals surface area (Å²) >= 11 is 0. The summed E-state index contributed by atoms with van der Waals surface area (Å²) in [7, 11) is 0. The van der Waals surface area contributed by atoms with Gasteiger partial charge in [0.1, 0.15) is 0 Å². The van der Waals surface area contributed by atoms with Crippen LogP contribution in [0, 0.1) is 0 Å². The van der Waals surface area contributed by atoms with Crippen molar-refractivity contribution in [1.82, 2.24) is 10.2 Å². The Hall–Kier alpha value is -1.68. The molecule has 0 aliphatic heterocycles. The van der Waals surface area contributed by atoms with Gasteiger partial charge in [-0.3, -0.25) is 0 Å². The van der Waals surface area contributed by atoms with Crippen LogP contribution in [-0.2, 0) is 0 Å². The van der Waals surface area contributed by atoms with Gasteiger partial charge in [-0.25, -0.2) is 0 Å². The molecule has 2 rings (SSSR count). The molecule has 1 aromatic carbocycles. The van der Waals surface area contributed by atoms with Crippen LogP contribution in [0.25, 0.3) is 10.8 Å².